The van der Waals surface area contributed by atoms with Gasteiger partial charge in [0.2, 0.25) is 0 Å². The Kier molecular flexibility index (Phi) is 14.0. The second-order valence-electron chi connectivity index (χ2n) is 4.04. The van der Waals surface area contributed by atoms with Crippen LogP contribution in [0.5, 0.6) is 0 Å². The Morgan fingerprint density at radius 1 is 0.789 bits per heavy atom. The Morgan fingerprint density at radius 3 is 1.79 bits per heavy atom. The van der Waals surface area contributed by atoms with E-state index < -0.39 is 0 Å². The van der Waals surface area contributed by atoms with Gasteiger partial charge in [-0.05, 0) is 29.6 Å². The molecule has 0 bridgehead atoms. The Hall–Kier alpha value is 0.492. The van der Waals surface area contributed by atoms with Gasteiger partial charge in [-0.15, -0.1) is 9.24 Å². The second kappa shape index (κ2) is 12.2. The summed E-state index contributed by atoms with van der Waals surface area (Å²) in [4.78, 5) is 0. The van der Waals surface area contributed by atoms with E-state index in [4.69, 9.17) is 0 Å². The maximum absolute atomic E-state index is 2.94. The van der Waals surface area contributed by atoms with Gasteiger partial charge in [0.15, 0.2) is 0 Å². The number of halogens is 2. The van der Waals surface area contributed by atoms with Gasteiger partial charge in [0, 0.05) is 0 Å². The first-order valence-electron chi connectivity index (χ1n) is 5.71. The third-order valence-corrected chi connectivity index (χ3v) is 3.53. The number of aryl methyl sites for hydroxylation is 1. The van der Waals surface area contributed by atoms with Gasteiger partial charge in [0.05, 0.1) is 0 Å². The molecule has 19 heavy (non-hydrogen) atoms. The molecule has 2 rings (SSSR count). The summed E-state index contributed by atoms with van der Waals surface area (Å²) in [6.07, 6.45) is 2.32. The maximum atomic E-state index is 2.94. The standard InChI is InChI=1S/C15H17P.2BrH.Pd/c16-15(14-9-5-2-6-10-14)12-11-13-7-3-1-4-8-13;;;/h1-10,15H,11-12,16H2;2*1H;/q;;;+2/p-2. The van der Waals surface area contributed by atoms with E-state index in [9.17, 15) is 0 Å². The fourth-order valence-electron chi connectivity index (χ4n) is 1.83. The van der Waals surface area contributed by atoms with Gasteiger partial charge in [-0.3, -0.25) is 0 Å². The maximum Gasteiger partial charge on any atom is 2.00 e. The molecule has 0 aliphatic rings. The van der Waals surface area contributed by atoms with Crippen molar-refractivity contribution < 1.29 is 54.4 Å². The Labute approximate surface area is 153 Å². The Balaban J connectivity index is 0. The predicted molar refractivity (Wildman–Crippen MR) is 73.7 cm³/mol. The summed E-state index contributed by atoms with van der Waals surface area (Å²) in [6.45, 7) is 0. The van der Waals surface area contributed by atoms with E-state index >= 15 is 0 Å². The van der Waals surface area contributed by atoms with Crippen LogP contribution in [0, 0.1) is 0 Å². The van der Waals surface area contributed by atoms with Crippen molar-refractivity contribution >= 4 is 9.24 Å². The van der Waals surface area contributed by atoms with Crippen LogP contribution >= 0.6 is 9.24 Å². The molecule has 0 aliphatic carbocycles. The largest absolute Gasteiger partial charge is 2.00 e. The molecule has 2 atom stereocenters. The first-order chi connectivity index (χ1) is 7.86. The first kappa shape index (κ1) is 21.8. The number of benzene rings is 2. The number of hydrogen-bond acceptors (Lipinski definition) is 0. The molecule has 0 saturated heterocycles. The van der Waals surface area contributed by atoms with Crippen molar-refractivity contribution in [1.29, 1.82) is 0 Å². The number of rotatable bonds is 4. The Bertz CT molecular complexity index is 423. The van der Waals surface area contributed by atoms with Gasteiger partial charge >= 0.3 is 20.4 Å². The second-order valence-corrected chi connectivity index (χ2v) is 4.85. The fraction of sp³-hybridized carbons (Fsp3) is 0.200. The molecule has 0 saturated carbocycles. The third-order valence-electron chi connectivity index (χ3n) is 2.81. The van der Waals surface area contributed by atoms with E-state index in [1.54, 1.807) is 0 Å². The van der Waals surface area contributed by atoms with Crippen LogP contribution in [0.15, 0.2) is 60.7 Å². The van der Waals surface area contributed by atoms with Crippen LogP contribution < -0.4 is 34.0 Å². The van der Waals surface area contributed by atoms with Crippen LogP contribution in [-0.2, 0) is 26.8 Å². The molecule has 2 aromatic carbocycles. The fourth-order valence-corrected chi connectivity index (χ4v) is 2.22. The van der Waals surface area contributed by atoms with Crippen molar-refractivity contribution in [3.63, 3.8) is 0 Å². The summed E-state index contributed by atoms with van der Waals surface area (Å²) < 4.78 is 0. The summed E-state index contributed by atoms with van der Waals surface area (Å²) in [5.41, 5.74) is 3.38. The quantitative estimate of drug-likeness (QED) is 0.349. The SMILES string of the molecule is PC(CCc1ccccc1)c1ccccc1.[Br-].[Br-].[Pd+2]. The van der Waals surface area contributed by atoms with Gasteiger partial charge in [0.1, 0.15) is 0 Å². The molecule has 0 spiro atoms. The van der Waals surface area contributed by atoms with E-state index in [1.165, 1.54) is 17.5 Å². The van der Waals surface area contributed by atoms with Gasteiger partial charge in [-0.1, -0.05) is 60.7 Å². The average molecular weight is 495 g/mol. The van der Waals surface area contributed by atoms with Crippen molar-refractivity contribution in [1.82, 2.24) is 0 Å². The van der Waals surface area contributed by atoms with Crippen molar-refractivity contribution in [2.45, 2.75) is 18.5 Å². The van der Waals surface area contributed by atoms with E-state index in [2.05, 4.69) is 69.9 Å². The molecule has 4 heteroatoms. The molecule has 0 aliphatic heterocycles. The topological polar surface area (TPSA) is 0 Å². The summed E-state index contributed by atoms with van der Waals surface area (Å²) >= 11 is 0. The Morgan fingerprint density at radius 2 is 1.26 bits per heavy atom. The molecule has 0 amide bonds. The normalized spacial score (nSPS) is 10.4. The third kappa shape index (κ3) is 7.74. The smallest absolute Gasteiger partial charge is 1.00 e. The average Bonchev–Trinajstić information content (AvgIpc) is 2.38. The molecule has 0 fully saturated rings. The van der Waals surface area contributed by atoms with Crippen molar-refractivity contribution in [2.75, 3.05) is 0 Å². The molecular weight excluding hydrogens is 477 g/mol. The van der Waals surface area contributed by atoms with Gasteiger partial charge in [-0.25, -0.2) is 0 Å². The molecule has 0 aromatic heterocycles. The molecule has 0 heterocycles. The minimum atomic E-state index is 0. The van der Waals surface area contributed by atoms with E-state index in [0.29, 0.717) is 5.66 Å². The minimum Gasteiger partial charge on any atom is -1.00 e. The molecule has 0 N–H and O–H groups in total. The molecular formula is C15H17Br2PPd. The predicted octanol–water partition coefficient (Wildman–Crippen LogP) is -1.76. The molecule has 106 valence electrons. The first-order valence-corrected chi connectivity index (χ1v) is 6.37. The van der Waals surface area contributed by atoms with Crippen LogP contribution in [0.3, 0.4) is 0 Å². The molecule has 0 nitrogen and oxygen atoms in total. The zero-order valence-corrected chi connectivity index (χ0v) is 16.3. The van der Waals surface area contributed by atoms with Crippen molar-refractivity contribution in [2.24, 2.45) is 0 Å². The molecule has 0 radical (unpaired) electrons. The van der Waals surface area contributed by atoms with E-state index in [-0.39, 0.29) is 54.4 Å². The van der Waals surface area contributed by atoms with Crippen molar-refractivity contribution in [3.8, 4) is 0 Å². The van der Waals surface area contributed by atoms with Crippen LogP contribution in [-0.4, -0.2) is 0 Å². The van der Waals surface area contributed by atoms with Gasteiger partial charge in [0.25, 0.3) is 0 Å². The van der Waals surface area contributed by atoms with E-state index in [1.807, 2.05) is 0 Å². The van der Waals surface area contributed by atoms with Gasteiger partial charge in [-0.2, -0.15) is 0 Å². The summed E-state index contributed by atoms with van der Waals surface area (Å²) in [6, 6.07) is 21.3. The summed E-state index contributed by atoms with van der Waals surface area (Å²) in [5, 5.41) is 0. The molecule has 2 unspecified atom stereocenters. The van der Waals surface area contributed by atoms with Crippen LogP contribution in [0.1, 0.15) is 23.2 Å². The van der Waals surface area contributed by atoms with Crippen LogP contribution in [0.2, 0.25) is 0 Å². The van der Waals surface area contributed by atoms with E-state index in [0.717, 1.165) is 6.42 Å². The zero-order chi connectivity index (χ0) is 11.2. The molecule has 2 aromatic rings. The van der Waals surface area contributed by atoms with Crippen LogP contribution in [0.25, 0.3) is 0 Å². The monoisotopic (exact) mass is 492 g/mol. The van der Waals surface area contributed by atoms with Crippen molar-refractivity contribution in [3.05, 3.63) is 71.8 Å². The summed E-state index contributed by atoms with van der Waals surface area (Å²) in [7, 11) is 2.94. The van der Waals surface area contributed by atoms with Crippen LogP contribution in [0.4, 0.5) is 0 Å². The minimum absolute atomic E-state index is 0. The number of hydrogen-bond donors (Lipinski definition) is 0. The summed E-state index contributed by atoms with van der Waals surface area (Å²) in [5.74, 6) is 0. The zero-order valence-electron chi connectivity index (χ0n) is 10.4. The van der Waals surface area contributed by atoms with Gasteiger partial charge < -0.3 is 34.0 Å².